The first-order valence-electron chi connectivity index (χ1n) is 6.70. The SMILES string of the molecule is COC(=O)CC1CCC(CC(=O)OCC(C)C)C1=O. The molecule has 0 aromatic carbocycles. The standard InChI is InChI=1S/C14H22O5/c1-9(2)8-19-13(16)7-11-5-4-10(14(11)17)6-12(15)18-3/h9-11H,4-8H2,1-3H3. The van der Waals surface area contributed by atoms with Crippen LogP contribution < -0.4 is 0 Å². The Kier molecular flexibility index (Phi) is 5.99. The van der Waals surface area contributed by atoms with E-state index in [0.717, 1.165) is 0 Å². The first kappa shape index (κ1) is 15.7. The summed E-state index contributed by atoms with van der Waals surface area (Å²) < 4.78 is 9.63. The summed E-state index contributed by atoms with van der Waals surface area (Å²) in [7, 11) is 1.31. The first-order chi connectivity index (χ1) is 8.93. The van der Waals surface area contributed by atoms with Crippen LogP contribution in [0.5, 0.6) is 0 Å². The minimum atomic E-state index is -0.374. The summed E-state index contributed by atoms with van der Waals surface area (Å²) in [6.45, 7) is 4.30. The van der Waals surface area contributed by atoms with Crippen molar-refractivity contribution in [3.8, 4) is 0 Å². The number of carbonyl (C=O) groups excluding carboxylic acids is 3. The van der Waals surface area contributed by atoms with E-state index >= 15 is 0 Å². The second-order valence-corrected chi connectivity index (χ2v) is 5.43. The van der Waals surface area contributed by atoms with Crippen LogP contribution >= 0.6 is 0 Å². The van der Waals surface area contributed by atoms with Crippen molar-refractivity contribution >= 4 is 17.7 Å². The summed E-state index contributed by atoms with van der Waals surface area (Å²) in [6, 6.07) is 0. The smallest absolute Gasteiger partial charge is 0.306 e. The number of ketones is 1. The van der Waals surface area contributed by atoms with Gasteiger partial charge >= 0.3 is 11.9 Å². The van der Waals surface area contributed by atoms with Gasteiger partial charge in [-0.1, -0.05) is 13.8 Å². The quantitative estimate of drug-likeness (QED) is 0.687. The lowest BCUT2D eigenvalue weighted by atomic mass is 9.98. The molecule has 0 saturated heterocycles. The highest BCUT2D eigenvalue weighted by Gasteiger charge is 2.36. The molecule has 0 bridgehead atoms. The van der Waals surface area contributed by atoms with Crippen molar-refractivity contribution in [1.82, 2.24) is 0 Å². The summed E-state index contributed by atoms with van der Waals surface area (Å²) in [5.74, 6) is -1.01. The van der Waals surface area contributed by atoms with Crippen LogP contribution in [0.4, 0.5) is 0 Å². The Bertz CT molecular complexity index is 348. The van der Waals surface area contributed by atoms with Crippen molar-refractivity contribution in [2.75, 3.05) is 13.7 Å². The molecule has 108 valence electrons. The predicted octanol–water partition coefficient (Wildman–Crippen LogP) is 1.73. The van der Waals surface area contributed by atoms with Crippen molar-refractivity contribution in [2.24, 2.45) is 17.8 Å². The molecule has 19 heavy (non-hydrogen) atoms. The number of rotatable bonds is 6. The molecule has 1 fully saturated rings. The number of hydrogen-bond acceptors (Lipinski definition) is 5. The molecule has 1 aliphatic rings. The highest BCUT2D eigenvalue weighted by Crippen LogP contribution is 2.32. The van der Waals surface area contributed by atoms with E-state index in [1.807, 2.05) is 13.8 Å². The highest BCUT2D eigenvalue weighted by atomic mass is 16.5. The molecule has 0 aliphatic heterocycles. The third-order valence-electron chi connectivity index (χ3n) is 3.30. The van der Waals surface area contributed by atoms with Crippen LogP contribution in [0.1, 0.15) is 39.5 Å². The molecule has 1 rings (SSSR count). The first-order valence-corrected chi connectivity index (χ1v) is 6.70. The molecule has 0 heterocycles. The fourth-order valence-electron chi connectivity index (χ4n) is 2.23. The summed E-state index contributed by atoms with van der Waals surface area (Å²) in [5.41, 5.74) is 0. The third kappa shape index (κ3) is 5.01. The van der Waals surface area contributed by atoms with E-state index in [1.54, 1.807) is 0 Å². The van der Waals surface area contributed by atoms with Crippen molar-refractivity contribution in [3.05, 3.63) is 0 Å². The Balaban J connectivity index is 2.38. The molecular weight excluding hydrogens is 248 g/mol. The van der Waals surface area contributed by atoms with Crippen LogP contribution in [-0.4, -0.2) is 31.4 Å². The van der Waals surface area contributed by atoms with E-state index in [-0.39, 0.29) is 48.3 Å². The van der Waals surface area contributed by atoms with Crippen LogP contribution in [0.2, 0.25) is 0 Å². The van der Waals surface area contributed by atoms with Crippen molar-refractivity contribution in [3.63, 3.8) is 0 Å². The topological polar surface area (TPSA) is 69.7 Å². The van der Waals surface area contributed by atoms with Crippen LogP contribution in [0.15, 0.2) is 0 Å². The Morgan fingerprint density at radius 3 is 2.16 bits per heavy atom. The van der Waals surface area contributed by atoms with Gasteiger partial charge in [0.15, 0.2) is 0 Å². The van der Waals surface area contributed by atoms with Crippen LogP contribution in [0, 0.1) is 17.8 Å². The van der Waals surface area contributed by atoms with Gasteiger partial charge in [-0.25, -0.2) is 0 Å². The molecule has 1 aliphatic carbocycles. The highest BCUT2D eigenvalue weighted by molar-refractivity contribution is 5.91. The van der Waals surface area contributed by atoms with Gasteiger partial charge in [-0.15, -0.1) is 0 Å². The van der Waals surface area contributed by atoms with Gasteiger partial charge in [0, 0.05) is 11.8 Å². The lowest BCUT2D eigenvalue weighted by Crippen LogP contribution is -2.21. The molecule has 0 aromatic heterocycles. The Morgan fingerprint density at radius 1 is 1.16 bits per heavy atom. The molecule has 0 spiro atoms. The van der Waals surface area contributed by atoms with Crippen molar-refractivity contribution in [1.29, 1.82) is 0 Å². The van der Waals surface area contributed by atoms with Gasteiger partial charge in [0.1, 0.15) is 5.78 Å². The maximum atomic E-state index is 12.0. The second kappa shape index (κ2) is 7.26. The van der Waals surface area contributed by atoms with E-state index in [1.165, 1.54) is 7.11 Å². The molecule has 0 aromatic rings. The summed E-state index contributed by atoms with van der Waals surface area (Å²) in [5, 5.41) is 0. The fourth-order valence-corrected chi connectivity index (χ4v) is 2.23. The predicted molar refractivity (Wildman–Crippen MR) is 68.3 cm³/mol. The summed E-state index contributed by atoms with van der Waals surface area (Å²) >= 11 is 0. The molecular formula is C14H22O5. The minimum absolute atomic E-state index is 0.00750. The maximum Gasteiger partial charge on any atom is 0.306 e. The number of Topliss-reactive ketones (excluding diaryl/α,β-unsaturated/α-hetero) is 1. The molecule has 2 unspecified atom stereocenters. The minimum Gasteiger partial charge on any atom is -0.469 e. The second-order valence-electron chi connectivity index (χ2n) is 5.43. The van der Waals surface area contributed by atoms with Gasteiger partial charge in [-0.05, 0) is 18.8 Å². The third-order valence-corrected chi connectivity index (χ3v) is 3.30. The fraction of sp³-hybridized carbons (Fsp3) is 0.786. The summed E-state index contributed by atoms with van der Waals surface area (Å²) in [6.07, 6.45) is 1.55. The Morgan fingerprint density at radius 2 is 1.68 bits per heavy atom. The average molecular weight is 270 g/mol. The number of ether oxygens (including phenoxy) is 2. The average Bonchev–Trinajstić information content (AvgIpc) is 2.69. The molecule has 5 heteroatoms. The van der Waals surface area contributed by atoms with E-state index < -0.39 is 0 Å². The van der Waals surface area contributed by atoms with Crippen LogP contribution in [-0.2, 0) is 23.9 Å². The van der Waals surface area contributed by atoms with E-state index in [9.17, 15) is 14.4 Å². The van der Waals surface area contributed by atoms with Gasteiger partial charge in [0.25, 0.3) is 0 Å². The van der Waals surface area contributed by atoms with Crippen LogP contribution in [0.3, 0.4) is 0 Å². The Hall–Kier alpha value is -1.39. The number of esters is 2. The Labute approximate surface area is 113 Å². The van der Waals surface area contributed by atoms with Gasteiger partial charge in [-0.2, -0.15) is 0 Å². The normalized spacial score (nSPS) is 22.6. The zero-order chi connectivity index (χ0) is 14.4. The molecule has 0 N–H and O–H groups in total. The lowest BCUT2D eigenvalue weighted by molar-refractivity contribution is -0.147. The van der Waals surface area contributed by atoms with E-state index in [4.69, 9.17) is 4.74 Å². The maximum absolute atomic E-state index is 12.0. The largest absolute Gasteiger partial charge is 0.469 e. The lowest BCUT2D eigenvalue weighted by Gasteiger charge is -2.11. The zero-order valence-corrected chi connectivity index (χ0v) is 11.8. The number of hydrogen-bond donors (Lipinski definition) is 0. The van der Waals surface area contributed by atoms with Crippen LogP contribution in [0.25, 0.3) is 0 Å². The van der Waals surface area contributed by atoms with Crippen molar-refractivity contribution < 1.29 is 23.9 Å². The zero-order valence-electron chi connectivity index (χ0n) is 11.8. The van der Waals surface area contributed by atoms with Gasteiger partial charge < -0.3 is 9.47 Å². The number of methoxy groups -OCH3 is 1. The van der Waals surface area contributed by atoms with E-state index in [2.05, 4.69) is 4.74 Å². The summed E-state index contributed by atoms with van der Waals surface area (Å²) in [4.78, 5) is 34.7. The monoisotopic (exact) mass is 270 g/mol. The van der Waals surface area contributed by atoms with Gasteiger partial charge in [-0.3, -0.25) is 14.4 Å². The molecule has 5 nitrogen and oxygen atoms in total. The van der Waals surface area contributed by atoms with Gasteiger partial charge in [0.05, 0.1) is 26.6 Å². The van der Waals surface area contributed by atoms with Gasteiger partial charge in [0.2, 0.25) is 0 Å². The molecule has 2 atom stereocenters. The molecule has 1 saturated carbocycles. The van der Waals surface area contributed by atoms with E-state index in [0.29, 0.717) is 19.4 Å². The van der Waals surface area contributed by atoms with Crippen molar-refractivity contribution in [2.45, 2.75) is 39.5 Å². The molecule has 0 amide bonds. The molecule has 0 radical (unpaired) electrons. The number of carbonyl (C=O) groups is 3.